The van der Waals surface area contributed by atoms with Crippen molar-refractivity contribution >= 4 is 33.1 Å². The molecule has 466 valence electrons. The molecule has 2 aliphatic rings. The number of alkyl halides is 5. The van der Waals surface area contributed by atoms with Crippen LogP contribution in [0.25, 0.3) is 0 Å². The molecular formula is C49H59F5N8O21P2. The fourth-order valence-electron chi connectivity index (χ4n) is 7.40. The number of nitro groups is 1. The second-order valence-electron chi connectivity index (χ2n) is 19.0. The van der Waals surface area contributed by atoms with E-state index < -0.39 is 164 Å². The van der Waals surface area contributed by atoms with E-state index in [1.54, 1.807) is 52.0 Å². The third kappa shape index (κ3) is 18.7. The molecule has 29 nitrogen and oxygen atoms in total. The number of carbonyl (C=O) groups is 2. The first-order valence-corrected chi connectivity index (χ1v) is 28.2. The highest BCUT2D eigenvalue weighted by molar-refractivity contribution is 7.52. The van der Waals surface area contributed by atoms with Gasteiger partial charge in [0.2, 0.25) is 0 Å². The van der Waals surface area contributed by atoms with Crippen molar-refractivity contribution in [1.29, 1.82) is 0 Å². The third-order valence-corrected chi connectivity index (χ3v) is 14.7. The lowest BCUT2D eigenvalue weighted by atomic mass is 9.98. The molecule has 0 radical (unpaired) electrons. The number of hydrogen-bond donors (Lipinski definition) is 7. The Bertz CT molecular complexity index is 3430. The Kier molecular flexibility index (Phi) is 23.3. The van der Waals surface area contributed by atoms with Crippen LogP contribution in [0.5, 0.6) is 17.4 Å². The number of nitrogens with zero attached hydrogens (tertiary/aromatic N) is 4. The van der Waals surface area contributed by atoms with E-state index in [4.69, 9.17) is 42.1 Å². The van der Waals surface area contributed by atoms with E-state index in [0.29, 0.717) is 0 Å². The quantitative estimate of drug-likeness (QED) is 0.0177. The molecular weight excluding hydrogens is 1190 g/mol. The molecule has 5 aromatic rings. The van der Waals surface area contributed by atoms with Gasteiger partial charge in [-0.2, -0.15) is 23.3 Å². The summed E-state index contributed by atoms with van der Waals surface area (Å²) in [5, 5.41) is 44.9. The lowest BCUT2D eigenvalue weighted by molar-refractivity contribution is -0.386. The second kappa shape index (κ2) is 29.0. The highest BCUT2D eigenvalue weighted by atomic mass is 31.2. The number of aliphatic hydroxyl groups is 3. The van der Waals surface area contributed by atoms with E-state index in [1.807, 2.05) is 9.97 Å². The van der Waals surface area contributed by atoms with Crippen LogP contribution in [0.4, 0.5) is 27.6 Å². The highest BCUT2D eigenvalue weighted by Crippen LogP contribution is 2.49. The van der Waals surface area contributed by atoms with Gasteiger partial charge in [-0.1, -0.05) is 36.4 Å². The summed E-state index contributed by atoms with van der Waals surface area (Å²) < 4.78 is 138. The second-order valence-corrected chi connectivity index (χ2v) is 22.3. The van der Waals surface area contributed by atoms with E-state index in [-0.39, 0.29) is 23.8 Å². The van der Waals surface area contributed by atoms with Gasteiger partial charge in [-0.25, -0.2) is 32.5 Å². The average Bonchev–Trinajstić information content (AvgIpc) is 2.05. The molecule has 2 aliphatic heterocycles. The predicted octanol–water partition coefficient (Wildman–Crippen LogP) is 4.29. The van der Waals surface area contributed by atoms with Crippen molar-refractivity contribution in [3.05, 3.63) is 155 Å². The lowest BCUT2D eigenvalue weighted by Gasteiger charge is -2.25. The van der Waals surface area contributed by atoms with E-state index in [0.717, 1.165) is 40.6 Å². The topological polar surface area (TPSA) is 393 Å². The molecule has 3 aromatic heterocycles. The van der Waals surface area contributed by atoms with Crippen molar-refractivity contribution < 1.29 is 98.0 Å². The zero-order valence-corrected chi connectivity index (χ0v) is 47.6. The number of para-hydroxylation sites is 2. The minimum absolute atomic E-state index is 0.0117. The van der Waals surface area contributed by atoms with Gasteiger partial charge < -0.3 is 47.8 Å². The number of pyridine rings is 1. The van der Waals surface area contributed by atoms with Crippen LogP contribution in [0.3, 0.4) is 0 Å². The first-order valence-electron chi connectivity index (χ1n) is 25.1. The number of ether oxygens (including phenoxy) is 4. The normalized spacial score (nSPS) is 23.1. The smallest absolute Gasteiger partial charge is 0.462 e. The number of hydrogen-bond acceptors (Lipinski definition) is 22. The Morgan fingerprint density at radius 1 is 0.788 bits per heavy atom. The molecule has 2 aromatic carbocycles. The fourth-order valence-corrected chi connectivity index (χ4v) is 10.4. The van der Waals surface area contributed by atoms with Crippen LogP contribution in [0.15, 0.2) is 117 Å². The number of aromatic nitrogens is 5. The number of rotatable bonds is 21. The standard InChI is InChI=1S/C21H27FN3O9P.C18H19F3N3O7P.C10H13FN2O5/c1-12(2)32-20(28)13(3)24-35(30,34-14-7-5-4-6-8-14)31-11-15-18(27)17(22)19(33-15)25-10-9-16(26)23-21(25)29;1-11(2)29-17(25)12(3)23-32(28,30-14-7-5-4-6-8-14)31-16-15(24(26)27)9-13(10-22-16)18(19,20)21;1-10(11)7(16)5(4-14)18-8(10)13-3-2-6(15)12-9(13)17/h4-10,12-13,15,17-19,27H,11H2,1-3H3,(H,24,30)(H,23,26,29);4-12H,1-3H3,(H,23,28);2-3,5,7-8,14,16H,4H2,1H3,(H,12,15,17)/t13-,15+,17+,18+,19+,35-;12-,32?;5-,7-,8-,10-/m001/s1. The Hall–Kier alpha value is -7.52. The monoisotopic (exact) mass is 1250 g/mol. The number of esters is 2. The van der Waals surface area contributed by atoms with Crippen molar-refractivity contribution in [2.24, 2.45) is 0 Å². The van der Waals surface area contributed by atoms with Gasteiger partial charge in [-0.15, -0.1) is 0 Å². The van der Waals surface area contributed by atoms with Gasteiger partial charge in [0, 0.05) is 36.8 Å². The molecule has 5 heterocycles. The molecule has 2 saturated heterocycles. The molecule has 0 saturated carbocycles. The summed E-state index contributed by atoms with van der Waals surface area (Å²) in [6.45, 7) is 8.99. The van der Waals surface area contributed by atoms with Crippen molar-refractivity contribution in [1.82, 2.24) is 34.3 Å². The van der Waals surface area contributed by atoms with E-state index >= 15 is 0 Å². The van der Waals surface area contributed by atoms with E-state index in [9.17, 15) is 80.2 Å². The van der Waals surface area contributed by atoms with Gasteiger partial charge in [-0.3, -0.25) is 52.9 Å². The first kappa shape index (κ1) is 68.3. The maximum absolute atomic E-state index is 14.7. The van der Waals surface area contributed by atoms with Gasteiger partial charge in [-0.05, 0) is 72.7 Å². The molecule has 36 heteroatoms. The fraction of sp³-hybridized carbons (Fsp3) is 0.449. The molecule has 7 rings (SSSR count). The van der Waals surface area contributed by atoms with Crippen molar-refractivity contribution in [2.45, 2.75) is 128 Å². The average molecular weight is 1250 g/mol. The van der Waals surface area contributed by atoms with Gasteiger partial charge >= 0.3 is 56.6 Å². The first-order chi connectivity index (χ1) is 39.7. The third-order valence-electron chi connectivity index (χ3n) is 11.4. The number of nitrogens with one attached hydrogen (secondary N) is 4. The van der Waals surface area contributed by atoms with Crippen LogP contribution < -0.4 is 46.2 Å². The van der Waals surface area contributed by atoms with Gasteiger partial charge in [0.25, 0.3) is 11.1 Å². The minimum Gasteiger partial charge on any atom is -0.462 e. The van der Waals surface area contributed by atoms with Crippen LogP contribution in [0, 0.1) is 10.1 Å². The summed E-state index contributed by atoms with van der Waals surface area (Å²) in [4.78, 5) is 87.4. The SMILES string of the molecule is CC(C)OC(=O)[C@H](C)NP(=O)(Oc1ccccc1)Oc1ncc(C(F)(F)F)cc1[N+](=O)[O-].CC(C)OC(=O)[C@H](C)N[P@](=O)(OC[C@H]1O[C@@H](n2ccc(=O)[nH]c2=O)[C@H](F)[C@@H]1O)Oc1ccccc1.C[C@@]1(F)[C@H](O)[C@@H](CO)O[C@H]1n1ccc(=O)[nH]c1=O. The van der Waals surface area contributed by atoms with Crippen molar-refractivity contribution in [2.75, 3.05) is 13.2 Å². The van der Waals surface area contributed by atoms with Gasteiger partial charge in [0.05, 0.1) is 35.9 Å². The molecule has 0 amide bonds. The molecule has 12 atom stereocenters. The number of benzene rings is 2. The Morgan fingerprint density at radius 3 is 1.72 bits per heavy atom. The van der Waals surface area contributed by atoms with Crippen molar-refractivity contribution in [3.8, 4) is 17.4 Å². The Labute approximate surface area is 477 Å². The minimum atomic E-state index is -4.91. The highest BCUT2D eigenvalue weighted by Gasteiger charge is 2.55. The number of H-pyrrole nitrogens is 2. The molecule has 0 spiro atoms. The molecule has 1 unspecified atom stereocenters. The molecule has 2 fully saturated rings. The lowest BCUT2D eigenvalue weighted by Crippen LogP contribution is -2.43. The van der Waals surface area contributed by atoms with E-state index in [1.165, 1.54) is 50.2 Å². The van der Waals surface area contributed by atoms with Gasteiger partial charge in [0.1, 0.15) is 48.0 Å². The van der Waals surface area contributed by atoms with Crippen LogP contribution in [0.1, 0.15) is 66.5 Å². The summed E-state index contributed by atoms with van der Waals surface area (Å²) in [6.07, 6.45) is -14.3. The summed E-state index contributed by atoms with van der Waals surface area (Å²) in [6, 6.07) is 15.2. The number of carbonyl (C=O) groups excluding carboxylic acids is 2. The Balaban J connectivity index is 0.000000244. The summed E-state index contributed by atoms with van der Waals surface area (Å²) in [7, 11) is -8.92. The number of halogens is 5. The zero-order valence-electron chi connectivity index (χ0n) is 45.8. The summed E-state index contributed by atoms with van der Waals surface area (Å²) in [5.74, 6) is -2.41. The van der Waals surface area contributed by atoms with Crippen LogP contribution in [-0.2, 0) is 48.4 Å². The van der Waals surface area contributed by atoms with Crippen LogP contribution in [-0.4, -0.2) is 130 Å². The zero-order chi connectivity index (χ0) is 63.4. The summed E-state index contributed by atoms with van der Waals surface area (Å²) in [5.41, 5.74) is -7.94. The number of aromatic amines is 2. The number of aliphatic hydroxyl groups excluding tert-OH is 3. The molecule has 0 aliphatic carbocycles. The molecule has 85 heavy (non-hydrogen) atoms. The van der Waals surface area contributed by atoms with E-state index in [2.05, 4.69) is 15.2 Å². The maximum Gasteiger partial charge on any atom is 0.515 e. The van der Waals surface area contributed by atoms with Crippen LogP contribution >= 0.6 is 15.5 Å². The predicted molar refractivity (Wildman–Crippen MR) is 283 cm³/mol. The largest absolute Gasteiger partial charge is 0.515 e. The van der Waals surface area contributed by atoms with Crippen molar-refractivity contribution in [3.63, 3.8) is 0 Å². The molecule has 0 bridgehead atoms. The molecule has 7 N–H and O–H groups in total. The summed E-state index contributed by atoms with van der Waals surface area (Å²) >= 11 is 0. The van der Waals surface area contributed by atoms with Gasteiger partial charge in [0.15, 0.2) is 24.3 Å². The maximum atomic E-state index is 14.7. The van der Waals surface area contributed by atoms with Crippen LogP contribution in [0.2, 0.25) is 0 Å². The Morgan fingerprint density at radius 2 is 1.27 bits per heavy atom.